The molecule has 0 aliphatic carbocycles. The van der Waals surface area contributed by atoms with Crippen LogP contribution in [0.25, 0.3) is 10.2 Å². The number of nitrogens with zero attached hydrogens (tertiary/aromatic N) is 1. The zero-order chi connectivity index (χ0) is 10.3. The first-order valence-corrected chi connectivity index (χ1v) is 6.31. The molecule has 3 rings (SSSR count). The number of aromatic nitrogens is 2. The van der Waals surface area contributed by atoms with Crippen LogP contribution in [0.2, 0.25) is 0 Å². The van der Waals surface area contributed by atoms with Gasteiger partial charge in [0.05, 0.1) is 16.4 Å². The molecular weight excluding hydrogens is 206 g/mol. The Balaban J connectivity index is 1.84. The van der Waals surface area contributed by atoms with Gasteiger partial charge in [0.15, 0.2) is 0 Å². The molecule has 3 heterocycles. The Hall–Kier alpha value is -0.870. The van der Waals surface area contributed by atoms with E-state index in [2.05, 4.69) is 28.5 Å². The number of hydrogen-bond acceptors (Lipinski definition) is 3. The van der Waals surface area contributed by atoms with Crippen LogP contribution in [0.15, 0.2) is 12.3 Å². The van der Waals surface area contributed by atoms with Crippen LogP contribution in [0.4, 0.5) is 0 Å². The SMILES string of the molecule is C[C@@H]1CC[C@@H](c2cc3[nH]ncc3s2)NC1. The topological polar surface area (TPSA) is 40.7 Å². The van der Waals surface area contributed by atoms with E-state index < -0.39 is 0 Å². The van der Waals surface area contributed by atoms with Crippen LogP contribution in [0.1, 0.15) is 30.7 Å². The second-order valence-corrected chi connectivity index (χ2v) is 5.56. The summed E-state index contributed by atoms with van der Waals surface area (Å²) in [6, 6.07) is 2.80. The number of nitrogens with one attached hydrogen (secondary N) is 2. The standard InChI is InChI=1S/C11H15N3S/c1-7-2-3-8(12-5-7)10-4-9-11(15-10)6-13-14-9/h4,6-8,12H,2-3,5H2,1H3,(H,13,14)/t7-,8+/m1/s1. The summed E-state index contributed by atoms with van der Waals surface area (Å²) in [5.41, 5.74) is 1.18. The molecule has 0 amide bonds. The first-order valence-electron chi connectivity index (χ1n) is 5.49. The lowest BCUT2D eigenvalue weighted by atomic mass is 9.96. The fraction of sp³-hybridized carbons (Fsp3) is 0.545. The van der Waals surface area contributed by atoms with E-state index in [1.807, 2.05) is 17.5 Å². The fourth-order valence-electron chi connectivity index (χ4n) is 2.18. The van der Waals surface area contributed by atoms with Crippen molar-refractivity contribution >= 4 is 21.6 Å². The molecule has 0 unspecified atom stereocenters. The van der Waals surface area contributed by atoms with Crippen molar-refractivity contribution in [1.82, 2.24) is 15.5 Å². The molecule has 1 fully saturated rings. The number of hydrogen-bond donors (Lipinski definition) is 2. The third-order valence-corrected chi connectivity index (χ3v) is 4.33. The van der Waals surface area contributed by atoms with E-state index >= 15 is 0 Å². The molecule has 2 N–H and O–H groups in total. The van der Waals surface area contributed by atoms with Crippen molar-refractivity contribution in [3.05, 3.63) is 17.1 Å². The predicted octanol–water partition coefficient (Wildman–Crippen LogP) is 2.69. The van der Waals surface area contributed by atoms with Crippen molar-refractivity contribution in [3.63, 3.8) is 0 Å². The molecule has 2 atom stereocenters. The van der Waals surface area contributed by atoms with E-state index in [9.17, 15) is 0 Å². The Morgan fingerprint density at radius 1 is 1.47 bits per heavy atom. The van der Waals surface area contributed by atoms with Crippen LogP contribution in [-0.2, 0) is 0 Å². The van der Waals surface area contributed by atoms with Crippen LogP contribution in [0.3, 0.4) is 0 Å². The summed E-state index contributed by atoms with van der Waals surface area (Å²) in [5.74, 6) is 0.827. The average Bonchev–Trinajstić information content (AvgIpc) is 2.78. The molecule has 80 valence electrons. The first-order chi connectivity index (χ1) is 7.33. The molecule has 0 aromatic carbocycles. The summed E-state index contributed by atoms with van der Waals surface area (Å²) in [6.45, 7) is 3.46. The number of piperidine rings is 1. The Bertz CT molecular complexity index is 423. The number of H-pyrrole nitrogens is 1. The molecule has 0 radical (unpaired) electrons. The van der Waals surface area contributed by atoms with Gasteiger partial charge in [-0.15, -0.1) is 11.3 Å². The maximum Gasteiger partial charge on any atom is 0.0761 e. The first kappa shape index (κ1) is 9.36. The van der Waals surface area contributed by atoms with Gasteiger partial charge < -0.3 is 5.32 Å². The smallest absolute Gasteiger partial charge is 0.0761 e. The maximum atomic E-state index is 4.02. The molecule has 1 saturated heterocycles. The lowest BCUT2D eigenvalue weighted by Crippen LogP contribution is -2.31. The molecule has 0 spiro atoms. The van der Waals surface area contributed by atoms with Gasteiger partial charge in [0.2, 0.25) is 0 Å². The molecule has 0 saturated carbocycles. The molecule has 4 heteroatoms. The summed E-state index contributed by atoms with van der Waals surface area (Å²) in [5, 5.41) is 10.7. The van der Waals surface area contributed by atoms with Crippen molar-refractivity contribution < 1.29 is 0 Å². The van der Waals surface area contributed by atoms with E-state index in [4.69, 9.17) is 0 Å². The monoisotopic (exact) mass is 221 g/mol. The average molecular weight is 221 g/mol. The predicted molar refractivity (Wildman–Crippen MR) is 63.1 cm³/mol. The Labute approximate surface area is 92.9 Å². The number of thiophene rings is 1. The second kappa shape index (κ2) is 3.61. The van der Waals surface area contributed by atoms with Gasteiger partial charge in [-0.05, 0) is 31.4 Å². The Kier molecular flexibility index (Phi) is 2.25. The highest BCUT2D eigenvalue weighted by molar-refractivity contribution is 7.19. The zero-order valence-electron chi connectivity index (χ0n) is 8.79. The maximum absolute atomic E-state index is 4.02. The summed E-state index contributed by atoms with van der Waals surface area (Å²) in [6.07, 6.45) is 4.51. The highest BCUT2D eigenvalue weighted by Crippen LogP contribution is 2.33. The van der Waals surface area contributed by atoms with Crippen LogP contribution >= 0.6 is 11.3 Å². The summed E-state index contributed by atoms with van der Waals surface area (Å²) in [4.78, 5) is 1.45. The van der Waals surface area contributed by atoms with Crippen LogP contribution in [0.5, 0.6) is 0 Å². The van der Waals surface area contributed by atoms with Gasteiger partial charge in [0.25, 0.3) is 0 Å². The normalized spacial score (nSPS) is 27.3. The lowest BCUT2D eigenvalue weighted by molar-refractivity contribution is 0.336. The molecule has 15 heavy (non-hydrogen) atoms. The van der Waals surface area contributed by atoms with Crippen LogP contribution in [-0.4, -0.2) is 16.7 Å². The Morgan fingerprint density at radius 3 is 3.13 bits per heavy atom. The molecule has 2 aromatic heterocycles. The summed E-state index contributed by atoms with van der Waals surface area (Å²) < 4.78 is 1.27. The van der Waals surface area contributed by atoms with E-state index in [0.29, 0.717) is 6.04 Å². The second-order valence-electron chi connectivity index (χ2n) is 4.44. The highest BCUT2D eigenvalue weighted by Gasteiger charge is 2.20. The Morgan fingerprint density at radius 2 is 2.40 bits per heavy atom. The van der Waals surface area contributed by atoms with Crippen molar-refractivity contribution in [2.75, 3.05) is 6.54 Å². The van der Waals surface area contributed by atoms with Gasteiger partial charge in [0, 0.05) is 10.9 Å². The molecular formula is C11H15N3S. The minimum absolute atomic E-state index is 0.562. The van der Waals surface area contributed by atoms with Gasteiger partial charge in [0.1, 0.15) is 0 Å². The summed E-state index contributed by atoms with van der Waals surface area (Å²) in [7, 11) is 0. The van der Waals surface area contributed by atoms with Crippen molar-refractivity contribution in [3.8, 4) is 0 Å². The van der Waals surface area contributed by atoms with Gasteiger partial charge in [-0.2, -0.15) is 5.10 Å². The third-order valence-electron chi connectivity index (χ3n) is 3.15. The van der Waals surface area contributed by atoms with Gasteiger partial charge in [-0.3, -0.25) is 5.10 Å². The van der Waals surface area contributed by atoms with Crippen LogP contribution in [0, 0.1) is 5.92 Å². The molecule has 1 aliphatic rings. The van der Waals surface area contributed by atoms with Crippen LogP contribution < -0.4 is 5.32 Å². The van der Waals surface area contributed by atoms with E-state index in [1.165, 1.54) is 27.9 Å². The van der Waals surface area contributed by atoms with Gasteiger partial charge in [-0.25, -0.2) is 0 Å². The molecule has 0 bridgehead atoms. The largest absolute Gasteiger partial charge is 0.309 e. The van der Waals surface area contributed by atoms with Gasteiger partial charge in [-0.1, -0.05) is 6.92 Å². The fourth-order valence-corrected chi connectivity index (χ4v) is 3.28. The number of fused-ring (bicyclic) bond motifs is 1. The molecule has 2 aromatic rings. The minimum atomic E-state index is 0.562. The minimum Gasteiger partial charge on any atom is -0.309 e. The van der Waals surface area contributed by atoms with Gasteiger partial charge >= 0.3 is 0 Å². The third kappa shape index (κ3) is 1.68. The highest BCUT2D eigenvalue weighted by atomic mass is 32.1. The molecule has 3 nitrogen and oxygen atoms in total. The van der Waals surface area contributed by atoms with E-state index in [0.717, 1.165) is 12.5 Å². The van der Waals surface area contributed by atoms with E-state index in [1.54, 1.807) is 0 Å². The molecule has 1 aliphatic heterocycles. The number of rotatable bonds is 1. The summed E-state index contributed by atoms with van der Waals surface area (Å²) >= 11 is 1.86. The van der Waals surface area contributed by atoms with Crippen molar-refractivity contribution in [2.45, 2.75) is 25.8 Å². The number of aromatic amines is 1. The quantitative estimate of drug-likeness (QED) is 0.777. The van der Waals surface area contributed by atoms with E-state index in [-0.39, 0.29) is 0 Å². The van der Waals surface area contributed by atoms with Crippen molar-refractivity contribution in [2.24, 2.45) is 5.92 Å². The van der Waals surface area contributed by atoms with Crippen molar-refractivity contribution in [1.29, 1.82) is 0 Å². The lowest BCUT2D eigenvalue weighted by Gasteiger charge is -2.26. The zero-order valence-corrected chi connectivity index (χ0v) is 9.60.